The van der Waals surface area contributed by atoms with Gasteiger partial charge in [-0.1, -0.05) is 6.07 Å². The molecule has 5 nitrogen and oxygen atoms in total. The van der Waals surface area contributed by atoms with Gasteiger partial charge in [0.05, 0.1) is 19.2 Å². The molecule has 0 radical (unpaired) electrons. The topological polar surface area (TPSA) is 58.6 Å². The minimum Gasteiger partial charge on any atom is -0.465 e. The normalized spacial score (nSPS) is 18.2. The van der Waals surface area contributed by atoms with Crippen molar-refractivity contribution in [1.82, 2.24) is 4.90 Å². The number of nitrogens with zero attached hydrogens (tertiary/aromatic N) is 1. The predicted octanol–water partition coefficient (Wildman–Crippen LogP) is 2.29. The quantitative estimate of drug-likeness (QED) is 0.864. The lowest BCUT2D eigenvalue weighted by atomic mass is 10.0. The minimum atomic E-state index is -0.380. The Balaban J connectivity index is 1.93. The van der Waals surface area contributed by atoms with Crippen LogP contribution in [-0.2, 0) is 9.53 Å². The van der Waals surface area contributed by atoms with E-state index in [0.717, 1.165) is 25.1 Å². The highest BCUT2D eigenvalue weighted by molar-refractivity contribution is 5.90. The molecule has 1 aliphatic rings. The monoisotopic (exact) mass is 290 g/mol. The Morgan fingerprint density at radius 2 is 2.19 bits per heavy atom. The van der Waals surface area contributed by atoms with E-state index >= 15 is 0 Å². The number of hydrogen-bond acceptors (Lipinski definition) is 4. The first-order valence-electron chi connectivity index (χ1n) is 7.33. The molecule has 0 aromatic heterocycles. The van der Waals surface area contributed by atoms with Crippen LogP contribution in [0.15, 0.2) is 24.3 Å². The van der Waals surface area contributed by atoms with Gasteiger partial charge in [-0.2, -0.15) is 0 Å². The van der Waals surface area contributed by atoms with Crippen LogP contribution in [0.4, 0.5) is 5.69 Å². The Hall–Kier alpha value is -2.04. The maximum Gasteiger partial charge on any atom is 0.337 e. The summed E-state index contributed by atoms with van der Waals surface area (Å²) in [6, 6.07) is 7.29. The standard InChI is InChI=1S/C16H22N2O3/c1-12-6-3-4-9-18(12)15(19)11-17-14-8-5-7-13(10-14)16(20)21-2/h5,7-8,10,12,17H,3-4,6,9,11H2,1-2H3. The molecule has 1 amide bonds. The molecule has 0 bridgehead atoms. The van der Waals surface area contributed by atoms with Gasteiger partial charge in [0.2, 0.25) is 5.91 Å². The average Bonchev–Trinajstić information content (AvgIpc) is 2.52. The van der Waals surface area contributed by atoms with Gasteiger partial charge in [0.1, 0.15) is 0 Å². The zero-order valence-corrected chi connectivity index (χ0v) is 12.6. The first kappa shape index (κ1) is 15.4. The largest absolute Gasteiger partial charge is 0.465 e. The summed E-state index contributed by atoms with van der Waals surface area (Å²) in [6.07, 6.45) is 3.34. The molecule has 1 aromatic rings. The molecule has 1 aliphatic heterocycles. The number of benzene rings is 1. The number of piperidine rings is 1. The second-order valence-corrected chi connectivity index (χ2v) is 5.36. The number of esters is 1. The minimum absolute atomic E-state index is 0.102. The predicted molar refractivity (Wildman–Crippen MR) is 81.3 cm³/mol. The summed E-state index contributed by atoms with van der Waals surface area (Å²) in [5, 5.41) is 3.08. The molecule has 1 aromatic carbocycles. The van der Waals surface area contributed by atoms with Crippen LogP contribution in [0.5, 0.6) is 0 Å². The Morgan fingerprint density at radius 3 is 2.90 bits per heavy atom. The summed E-state index contributed by atoms with van der Waals surface area (Å²) in [5.74, 6) is -0.277. The molecular formula is C16H22N2O3. The first-order chi connectivity index (χ1) is 10.1. The van der Waals surface area contributed by atoms with Crippen molar-refractivity contribution in [2.75, 3.05) is 25.5 Å². The van der Waals surface area contributed by atoms with Crippen LogP contribution in [0, 0.1) is 0 Å². The molecule has 1 fully saturated rings. The second kappa shape index (κ2) is 7.11. The molecule has 1 heterocycles. The highest BCUT2D eigenvalue weighted by Gasteiger charge is 2.22. The van der Waals surface area contributed by atoms with Crippen molar-refractivity contribution in [2.24, 2.45) is 0 Å². The maximum absolute atomic E-state index is 12.2. The third kappa shape index (κ3) is 3.97. The number of rotatable bonds is 4. The summed E-state index contributed by atoms with van der Waals surface area (Å²) in [5.41, 5.74) is 1.22. The third-order valence-corrected chi connectivity index (χ3v) is 3.85. The van der Waals surface area contributed by atoms with Gasteiger partial charge in [0.25, 0.3) is 0 Å². The van der Waals surface area contributed by atoms with Crippen LogP contribution in [0.25, 0.3) is 0 Å². The van der Waals surface area contributed by atoms with Gasteiger partial charge in [-0.3, -0.25) is 4.79 Å². The van der Waals surface area contributed by atoms with Crippen molar-refractivity contribution in [3.8, 4) is 0 Å². The zero-order chi connectivity index (χ0) is 15.2. The number of carbonyl (C=O) groups excluding carboxylic acids is 2. The van der Waals surface area contributed by atoms with E-state index in [0.29, 0.717) is 11.6 Å². The van der Waals surface area contributed by atoms with E-state index in [2.05, 4.69) is 17.0 Å². The molecule has 1 saturated heterocycles. The number of anilines is 1. The van der Waals surface area contributed by atoms with Crippen molar-refractivity contribution in [2.45, 2.75) is 32.2 Å². The van der Waals surface area contributed by atoms with Crippen molar-refractivity contribution < 1.29 is 14.3 Å². The smallest absolute Gasteiger partial charge is 0.337 e. The van der Waals surface area contributed by atoms with Crippen molar-refractivity contribution in [3.05, 3.63) is 29.8 Å². The summed E-state index contributed by atoms with van der Waals surface area (Å²) in [4.78, 5) is 25.6. The summed E-state index contributed by atoms with van der Waals surface area (Å²) in [7, 11) is 1.35. The van der Waals surface area contributed by atoms with Gasteiger partial charge in [-0.05, 0) is 44.4 Å². The summed E-state index contributed by atoms with van der Waals surface area (Å²) >= 11 is 0. The molecule has 1 atom stereocenters. The second-order valence-electron chi connectivity index (χ2n) is 5.36. The van der Waals surface area contributed by atoms with Crippen LogP contribution < -0.4 is 5.32 Å². The maximum atomic E-state index is 12.2. The van der Waals surface area contributed by atoms with Gasteiger partial charge in [0, 0.05) is 18.3 Å². The first-order valence-corrected chi connectivity index (χ1v) is 7.33. The van der Waals surface area contributed by atoms with E-state index in [1.165, 1.54) is 13.5 Å². The lowest BCUT2D eigenvalue weighted by molar-refractivity contribution is -0.132. The van der Waals surface area contributed by atoms with Gasteiger partial charge in [0.15, 0.2) is 0 Å². The number of nitrogens with one attached hydrogen (secondary N) is 1. The fourth-order valence-corrected chi connectivity index (χ4v) is 2.62. The number of carbonyl (C=O) groups is 2. The van der Waals surface area contributed by atoms with Crippen molar-refractivity contribution >= 4 is 17.6 Å². The van der Waals surface area contributed by atoms with Crippen molar-refractivity contribution in [1.29, 1.82) is 0 Å². The lowest BCUT2D eigenvalue weighted by Gasteiger charge is -2.33. The summed E-state index contributed by atoms with van der Waals surface area (Å²) in [6.45, 7) is 3.17. The molecule has 5 heteroatoms. The number of ether oxygens (including phenoxy) is 1. The van der Waals surface area contributed by atoms with Gasteiger partial charge in [-0.25, -0.2) is 4.79 Å². The van der Waals surface area contributed by atoms with E-state index in [4.69, 9.17) is 0 Å². The zero-order valence-electron chi connectivity index (χ0n) is 12.6. The molecule has 1 unspecified atom stereocenters. The Bertz CT molecular complexity index is 516. The van der Waals surface area contributed by atoms with Crippen LogP contribution in [0.3, 0.4) is 0 Å². The van der Waals surface area contributed by atoms with E-state index in [-0.39, 0.29) is 18.4 Å². The van der Waals surface area contributed by atoms with E-state index in [1.807, 2.05) is 11.0 Å². The number of likely N-dealkylation sites (tertiary alicyclic amines) is 1. The Labute approximate surface area is 125 Å². The van der Waals surface area contributed by atoms with Gasteiger partial charge < -0.3 is 15.0 Å². The van der Waals surface area contributed by atoms with Crippen LogP contribution in [0.1, 0.15) is 36.5 Å². The lowest BCUT2D eigenvalue weighted by Crippen LogP contribution is -2.44. The molecule has 114 valence electrons. The van der Waals surface area contributed by atoms with Crippen LogP contribution >= 0.6 is 0 Å². The Morgan fingerprint density at radius 1 is 1.38 bits per heavy atom. The van der Waals surface area contributed by atoms with Gasteiger partial charge in [-0.15, -0.1) is 0 Å². The third-order valence-electron chi connectivity index (χ3n) is 3.85. The fraction of sp³-hybridized carbons (Fsp3) is 0.500. The highest BCUT2D eigenvalue weighted by Crippen LogP contribution is 2.17. The molecule has 21 heavy (non-hydrogen) atoms. The fourth-order valence-electron chi connectivity index (χ4n) is 2.62. The SMILES string of the molecule is COC(=O)c1cccc(NCC(=O)N2CCCCC2C)c1. The molecule has 1 N–H and O–H groups in total. The van der Waals surface area contributed by atoms with Crippen molar-refractivity contribution in [3.63, 3.8) is 0 Å². The van der Waals surface area contributed by atoms with E-state index in [9.17, 15) is 9.59 Å². The number of methoxy groups -OCH3 is 1. The van der Waals surface area contributed by atoms with Crippen LogP contribution in [0.2, 0.25) is 0 Å². The number of amides is 1. The average molecular weight is 290 g/mol. The highest BCUT2D eigenvalue weighted by atomic mass is 16.5. The molecule has 0 aliphatic carbocycles. The van der Waals surface area contributed by atoms with E-state index in [1.54, 1.807) is 18.2 Å². The number of hydrogen-bond donors (Lipinski definition) is 1. The van der Waals surface area contributed by atoms with Crippen LogP contribution in [-0.4, -0.2) is 43.0 Å². The Kier molecular flexibility index (Phi) is 5.20. The molecule has 0 saturated carbocycles. The molecule has 0 spiro atoms. The molecular weight excluding hydrogens is 268 g/mol. The van der Waals surface area contributed by atoms with Gasteiger partial charge >= 0.3 is 5.97 Å². The van der Waals surface area contributed by atoms with E-state index < -0.39 is 0 Å². The summed E-state index contributed by atoms with van der Waals surface area (Å²) < 4.78 is 4.68. The molecule has 2 rings (SSSR count).